The third kappa shape index (κ3) is 3.27. The molecule has 0 saturated heterocycles. The van der Waals surface area contributed by atoms with Gasteiger partial charge in [-0.05, 0) is 35.9 Å². The Morgan fingerprint density at radius 3 is 2.26 bits per heavy atom. The van der Waals surface area contributed by atoms with Crippen LogP contribution in [0.4, 0.5) is 16.2 Å². The van der Waals surface area contributed by atoms with E-state index in [4.69, 9.17) is 34.8 Å². The molecule has 0 bridgehead atoms. The Balaban J connectivity index is 1.99. The summed E-state index contributed by atoms with van der Waals surface area (Å²) < 4.78 is 0. The summed E-state index contributed by atoms with van der Waals surface area (Å²) in [6, 6.07) is 16.2. The molecule has 3 nitrogen and oxygen atoms in total. The molecule has 1 aliphatic rings. The average Bonchev–Trinajstić information content (AvgIpc) is 2.63. The van der Waals surface area contributed by atoms with Crippen LogP contribution < -0.4 is 10.2 Å². The minimum absolute atomic E-state index is 0.304. The monoisotopic (exact) mass is 434 g/mol. The van der Waals surface area contributed by atoms with Crippen molar-refractivity contribution in [2.24, 2.45) is 0 Å². The van der Waals surface area contributed by atoms with Gasteiger partial charge in [0.1, 0.15) is 0 Å². The van der Waals surface area contributed by atoms with E-state index in [1.165, 1.54) is 4.90 Å². The lowest BCUT2D eigenvalue weighted by atomic mass is 9.96. The molecule has 3 aromatic rings. The number of amides is 2. The van der Waals surface area contributed by atoms with Gasteiger partial charge in [-0.2, -0.15) is 0 Å². The van der Waals surface area contributed by atoms with E-state index >= 15 is 0 Å². The fourth-order valence-corrected chi connectivity index (χ4v) is 4.28. The van der Waals surface area contributed by atoms with Gasteiger partial charge in [-0.25, -0.2) is 4.79 Å². The van der Waals surface area contributed by atoms with Gasteiger partial charge in [0.25, 0.3) is 0 Å². The summed E-state index contributed by atoms with van der Waals surface area (Å²) in [4.78, 5) is 14.9. The van der Waals surface area contributed by atoms with E-state index in [2.05, 4.69) is 17.9 Å². The smallest absolute Gasteiger partial charge is 0.326 e. The number of carbonyl (C=O) groups is 1. The largest absolute Gasteiger partial charge is 0.333 e. The fourth-order valence-electron chi connectivity index (χ4n) is 3.22. The number of fused-ring (bicyclic) bond motifs is 1. The highest BCUT2D eigenvalue weighted by atomic mass is 35.5. The molecular formula is C20H13Cl3N2OS. The Hall–Kier alpha value is -1.85. The van der Waals surface area contributed by atoms with E-state index in [0.29, 0.717) is 37.9 Å². The first-order valence-electron chi connectivity index (χ1n) is 8.10. The normalized spacial score (nSPS) is 13.3. The number of nitrogens with zero attached hydrogens (tertiary/aromatic N) is 1. The lowest BCUT2D eigenvalue weighted by molar-refractivity contribution is 0.247. The summed E-state index contributed by atoms with van der Waals surface area (Å²) in [5.74, 6) is 0. The lowest BCUT2D eigenvalue weighted by Crippen LogP contribution is -2.41. The molecular weight excluding hydrogens is 423 g/mol. The van der Waals surface area contributed by atoms with Crippen LogP contribution in [-0.2, 0) is 6.54 Å². The van der Waals surface area contributed by atoms with Gasteiger partial charge in [-0.3, -0.25) is 4.90 Å². The maximum absolute atomic E-state index is 12.7. The molecule has 136 valence electrons. The van der Waals surface area contributed by atoms with Gasteiger partial charge in [-0.15, -0.1) is 12.6 Å². The predicted molar refractivity (Wildman–Crippen MR) is 115 cm³/mol. The predicted octanol–water partition coefficient (Wildman–Crippen LogP) is 6.96. The molecule has 0 aromatic heterocycles. The van der Waals surface area contributed by atoms with Gasteiger partial charge >= 0.3 is 6.03 Å². The van der Waals surface area contributed by atoms with Crippen molar-refractivity contribution in [1.29, 1.82) is 0 Å². The highest BCUT2D eigenvalue weighted by Crippen LogP contribution is 2.44. The van der Waals surface area contributed by atoms with E-state index in [9.17, 15) is 4.79 Å². The van der Waals surface area contributed by atoms with Crippen molar-refractivity contribution in [3.8, 4) is 11.1 Å². The van der Waals surface area contributed by atoms with Gasteiger partial charge in [0.05, 0.1) is 21.4 Å². The first kappa shape index (κ1) is 18.5. The van der Waals surface area contributed by atoms with Gasteiger partial charge < -0.3 is 5.32 Å². The molecule has 0 fully saturated rings. The molecule has 0 unspecified atom stereocenters. The van der Waals surface area contributed by atoms with Crippen LogP contribution in [0.15, 0.2) is 59.5 Å². The number of hydrogen-bond acceptors (Lipinski definition) is 2. The maximum Gasteiger partial charge on any atom is 0.326 e. The van der Waals surface area contributed by atoms with Crippen molar-refractivity contribution in [2.45, 2.75) is 11.4 Å². The quantitative estimate of drug-likeness (QED) is 0.419. The number of nitrogens with one attached hydrogen (secondary N) is 1. The number of hydrogen-bond donors (Lipinski definition) is 2. The fraction of sp³-hybridized carbons (Fsp3) is 0.0500. The topological polar surface area (TPSA) is 32.3 Å². The standard InChI is InChI=1S/C20H13Cl3N2OS/c21-15-5-2-1-4-12(15)13-8-11(27)9-18-14(13)10-24-20(26)25(18)19-16(22)6-3-7-17(19)23/h1-9,27H,10H2,(H,24,26). The van der Waals surface area contributed by atoms with E-state index in [-0.39, 0.29) is 6.03 Å². The molecule has 4 rings (SSSR count). The molecule has 27 heavy (non-hydrogen) atoms. The zero-order chi connectivity index (χ0) is 19.1. The molecule has 1 N–H and O–H groups in total. The molecule has 0 radical (unpaired) electrons. The average molecular weight is 436 g/mol. The molecule has 7 heteroatoms. The van der Waals surface area contributed by atoms with Gasteiger partial charge in [0.15, 0.2) is 0 Å². The molecule has 0 atom stereocenters. The van der Waals surface area contributed by atoms with Gasteiger partial charge in [0.2, 0.25) is 0 Å². The van der Waals surface area contributed by atoms with Crippen LogP contribution in [0.1, 0.15) is 5.56 Å². The Morgan fingerprint density at radius 2 is 1.56 bits per heavy atom. The van der Waals surface area contributed by atoms with Crippen molar-refractivity contribution in [1.82, 2.24) is 5.32 Å². The summed E-state index contributed by atoms with van der Waals surface area (Å²) in [6.45, 7) is 0.362. The second-order valence-corrected chi connectivity index (χ2v) is 7.77. The van der Waals surface area contributed by atoms with Crippen LogP contribution in [0.5, 0.6) is 0 Å². The lowest BCUT2D eigenvalue weighted by Gasteiger charge is -2.33. The second kappa shape index (κ2) is 7.28. The van der Waals surface area contributed by atoms with E-state index in [1.54, 1.807) is 18.2 Å². The maximum atomic E-state index is 12.7. The summed E-state index contributed by atoms with van der Waals surface area (Å²) in [7, 11) is 0. The van der Waals surface area contributed by atoms with Gasteiger partial charge in [0, 0.05) is 27.6 Å². The third-order valence-electron chi connectivity index (χ3n) is 4.40. The Morgan fingerprint density at radius 1 is 0.889 bits per heavy atom. The van der Waals surface area contributed by atoms with E-state index in [0.717, 1.165) is 16.7 Å². The molecule has 1 aliphatic heterocycles. The van der Waals surface area contributed by atoms with Crippen molar-refractivity contribution in [3.05, 3.63) is 75.2 Å². The first-order valence-corrected chi connectivity index (χ1v) is 9.68. The molecule has 1 heterocycles. The number of halogens is 3. The number of thiol groups is 1. The van der Waals surface area contributed by atoms with E-state index < -0.39 is 0 Å². The minimum Gasteiger partial charge on any atom is -0.333 e. The van der Waals surface area contributed by atoms with Crippen LogP contribution in [0, 0.1) is 0 Å². The molecule has 2 amide bonds. The van der Waals surface area contributed by atoms with Crippen LogP contribution in [-0.4, -0.2) is 6.03 Å². The van der Waals surface area contributed by atoms with Crippen LogP contribution in [0.2, 0.25) is 15.1 Å². The minimum atomic E-state index is -0.304. The SMILES string of the molecule is O=C1NCc2c(-c3ccccc3Cl)cc(S)cc2N1c1c(Cl)cccc1Cl. The third-order valence-corrected chi connectivity index (χ3v) is 5.59. The Bertz CT molecular complexity index is 1050. The number of rotatable bonds is 2. The van der Waals surface area contributed by atoms with Crippen LogP contribution in [0.25, 0.3) is 11.1 Å². The van der Waals surface area contributed by atoms with Crippen molar-refractivity contribution in [2.75, 3.05) is 4.90 Å². The van der Waals surface area contributed by atoms with E-state index in [1.807, 2.05) is 36.4 Å². The zero-order valence-corrected chi connectivity index (χ0v) is 17.0. The molecule has 0 spiro atoms. The number of carbonyl (C=O) groups excluding carboxylic acids is 1. The highest BCUT2D eigenvalue weighted by Gasteiger charge is 2.31. The number of para-hydroxylation sites is 1. The van der Waals surface area contributed by atoms with Crippen molar-refractivity contribution < 1.29 is 4.79 Å². The number of urea groups is 1. The van der Waals surface area contributed by atoms with Crippen molar-refractivity contribution >= 4 is 64.8 Å². The molecule has 3 aromatic carbocycles. The molecule has 0 aliphatic carbocycles. The van der Waals surface area contributed by atoms with Crippen LogP contribution >= 0.6 is 47.4 Å². The summed E-state index contributed by atoms with van der Waals surface area (Å²) in [6.07, 6.45) is 0. The second-order valence-electron chi connectivity index (χ2n) is 6.04. The summed E-state index contributed by atoms with van der Waals surface area (Å²) in [5.41, 5.74) is 3.79. The van der Waals surface area contributed by atoms with Crippen LogP contribution in [0.3, 0.4) is 0 Å². The van der Waals surface area contributed by atoms with Crippen molar-refractivity contribution in [3.63, 3.8) is 0 Å². The number of anilines is 2. The zero-order valence-electron chi connectivity index (χ0n) is 13.8. The summed E-state index contributed by atoms with van der Waals surface area (Å²) >= 11 is 23.7. The van der Waals surface area contributed by atoms with Gasteiger partial charge in [-0.1, -0.05) is 59.1 Å². The molecule has 0 saturated carbocycles. The Labute approximate surface area is 177 Å². The first-order chi connectivity index (χ1) is 13.0. The number of benzene rings is 3. The summed E-state index contributed by atoms with van der Waals surface area (Å²) in [5, 5.41) is 4.28. The highest BCUT2D eigenvalue weighted by molar-refractivity contribution is 7.80. The Kier molecular flexibility index (Phi) is 4.99.